The summed E-state index contributed by atoms with van der Waals surface area (Å²) < 4.78 is 10.6. The van der Waals surface area contributed by atoms with Gasteiger partial charge in [-0.15, -0.1) is 0 Å². The molecule has 3 fully saturated rings. The van der Waals surface area contributed by atoms with Crippen LogP contribution in [-0.4, -0.2) is 72.7 Å². The molecule has 0 spiro atoms. The molecule has 0 amide bonds. The molecule has 136 valence electrons. The van der Waals surface area contributed by atoms with Crippen LogP contribution in [0.1, 0.15) is 26.2 Å². The zero-order valence-corrected chi connectivity index (χ0v) is 14.2. The lowest BCUT2D eigenvalue weighted by Crippen LogP contribution is -2.69. The van der Waals surface area contributed by atoms with Crippen LogP contribution in [0.15, 0.2) is 0 Å². The molecule has 24 heavy (non-hydrogen) atoms. The number of carboxylic acids is 1. The van der Waals surface area contributed by atoms with Crippen LogP contribution in [0.2, 0.25) is 0 Å². The first-order chi connectivity index (χ1) is 11.3. The van der Waals surface area contributed by atoms with Crippen LogP contribution >= 0.6 is 0 Å². The van der Waals surface area contributed by atoms with Crippen molar-refractivity contribution in [1.82, 2.24) is 4.90 Å². The normalized spacial score (nSPS) is 31.5. The Hall–Kier alpha value is -1.51. The van der Waals surface area contributed by atoms with Gasteiger partial charge in [-0.05, 0) is 18.8 Å². The molecule has 0 aromatic rings. The monoisotopic (exact) mass is 342 g/mol. The number of piperidine rings is 3. The quantitative estimate of drug-likeness (QED) is 0.574. The molecule has 0 aromatic carbocycles. The minimum Gasteiger partial charge on any atom is -0.480 e. The third-order valence-electron chi connectivity index (χ3n) is 5.17. The van der Waals surface area contributed by atoms with E-state index in [4.69, 9.17) is 20.3 Å². The van der Waals surface area contributed by atoms with Gasteiger partial charge in [0, 0.05) is 26.1 Å². The van der Waals surface area contributed by atoms with Gasteiger partial charge in [0.25, 0.3) is 0 Å². The minimum absolute atomic E-state index is 0.00297. The van der Waals surface area contributed by atoms with Gasteiger partial charge in [-0.2, -0.15) is 0 Å². The van der Waals surface area contributed by atoms with Crippen molar-refractivity contribution in [2.75, 3.05) is 33.4 Å². The third kappa shape index (κ3) is 3.60. The van der Waals surface area contributed by atoms with Crippen LogP contribution in [0.4, 0.5) is 0 Å². The van der Waals surface area contributed by atoms with Crippen LogP contribution in [0, 0.1) is 11.8 Å². The van der Waals surface area contributed by atoms with Gasteiger partial charge < -0.3 is 20.3 Å². The topological polar surface area (TPSA) is 119 Å². The van der Waals surface area contributed by atoms with Crippen molar-refractivity contribution < 1.29 is 29.0 Å². The van der Waals surface area contributed by atoms with E-state index in [1.165, 1.54) is 7.11 Å². The molecular formula is C16H26N2O6. The van der Waals surface area contributed by atoms with Crippen molar-refractivity contribution in [2.45, 2.75) is 37.8 Å². The summed E-state index contributed by atoms with van der Waals surface area (Å²) in [5.74, 6) is -2.18. The van der Waals surface area contributed by atoms with E-state index in [0.717, 1.165) is 25.9 Å². The van der Waals surface area contributed by atoms with Crippen LogP contribution in [-0.2, 0) is 23.9 Å². The van der Waals surface area contributed by atoms with Crippen molar-refractivity contribution >= 4 is 17.7 Å². The maximum absolute atomic E-state index is 12.7. The van der Waals surface area contributed by atoms with Crippen molar-refractivity contribution in [2.24, 2.45) is 17.6 Å². The number of fused-ring (bicyclic) bond motifs is 3. The summed E-state index contributed by atoms with van der Waals surface area (Å²) in [6.07, 6.45) is 1.57. The summed E-state index contributed by atoms with van der Waals surface area (Å²) in [6.45, 7) is 3.28. The summed E-state index contributed by atoms with van der Waals surface area (Å²) in [5.41, 5.74) is 4.59. The predicted octanol–water partition coefficient (Wildman–Crippen LogP) is -0.352. The van der Waals surface area contributed by atoms with Gasteiger partial charge in [0.1, 0.15) is 18.2 Å². The summed E-state index contributed by atoms with van der Waals surface area (Å²) in [7, 11) is 1.52. The number of Topliss-reactive ketones (excluding diaryl/α,β-unsaturated/α-hetero) is 1. The van der Waals surface area contributed by atoms with E-state index in [1.54, 1.807) is 6.92 Å². The van der Waals surface area contributed by atoms with Gasteiger partial charge in [0.05, 0.1) is 13.0 Å². The number of nitrogens with zero attached hydrogens (tertiary/aromatic N) is 1. The lowest BCUT2D eigenvalue weighted by atomic mass is 9.74. The zero-order chi connectivity index (χ0) is 17.9. The Morgan fingerprint density at radius 2 is 2.00 bits per heavy atom. The van der Waals surface area contributed by atoms with Crippen molar-refractivity contribution in [3.8, 4) is 0 Å². The average molecular weight is 342 g/mol. The number of carboxylic acid groups (broad SMARTS) is 1. The van der Waals surface area contributed by atoms with E-state index >= 15 is 0 Å². The second-order valence-corrected chi connectivity index (χ2v) is 6.80. The van der Waals surface area contributed by atoms with Crippen LogP contribution in [0.5, 0.6) is 0 Å². The number of hydrogen-bond acceptors (Lipinski definition) is 7. The molecule has 0 radical (unpaired) electrons. The van der Waals surface area contributed by atoms with Gasteiger partial charge in [-0.25, -0.2) is 0 Å². The number of ether oxygens (including phenoxy) is 2. The molecule has 3 N–H and O–H groups in total. The Morgan fingerprint density at radius 1 is 1.38 bits per heavy atom. The van der Waals surface area contributed by atoms with E-state index < -0.39 is 29.4 Å². The first-order valence-corrected chi connectivity index (χ1v) is 8.24. The zero-order valence-electron chi connectivity index (χ0n) is 14.2. The molecule has 8 nitrogen and oxygen atoms in total. The largest absolute Gasteiger partial charge is 0.480 e. The van der Waals surface area contributed by atoms with Gasteiger partial charge >= 0.3 is 11.9 Å². The second kappa shape index (κ2) is 7.58. The SMILES string of the molecule is COCC1(COC(=O)CC(C)[C@H](N)C(=O)O)C(=O)C2CCN1CC2. The molecule has 8 heteroatoms. The molecular weight excluding hydrogens is 316 g/mol. The Labute approximate surface area is 141 Å². The first kappa shape index (κ1) is 18.8. The fraction of sp³-hybridized carbons (Fsp3) is 0.812. The molecule has 3 saturated heterocycles. The van der Waals surface area contributed by atoms with Gasteiger partial charge in [0.2, 0.25) is 0 Å². The number of methoxy groups -OCH3 is 1. The average Bonchev–Trinajstić information content (AvgIpc) is 2.56. The van der Waals surface area contributed by atoms with E-state index in [1.807, 2.05) is 4.90 Å². The molecule has 3 atom stereocenters. The number of nitrogens with two attached hydrogens (primary N) is 1. The fourth-order valence-electron chi connectivity index (χ4n) is 3.60. The van der Waals surface area contributed by atoms with E-state index in [-0.39, 0.29) is 31.3 Å². The van der Waals surface area contributed by atoms with E-state index in [0.29, 0.717) is 0 Å². The minimum atomic E-state index is -1.16. The number of carbonyl (C=O) groups is 3. The summed E-state index contributed by atoms with van der Waals surface area (Å²) >= 11 is 0. The fourth-order valence-corrected chi connectivity index (χ4v) is 3.60. The number of hydrogen-bond donors (Lipinski definition) is 2. The molecule has 3 heterocycles. The Kier molecular flexibility index (Phi) is 5.95. The van der Waals surface area contributed by atoms with E-state index in [2.05, 4.69) is 0 Å². The molecule has 0 aromatic heterocycles. The van der Waals surface area contributed by atoms with Crippen molar-refractivity contribution in [3.05, 3.63) is 0 Å². The number of ketones is 1. The number of aliphatic carboxylic acids is 1. The summed E-state index contributed by atoms with van der Waals surface area (Å²) in [4.78, 5) is 37.7. The van der Waals surface area contributed by atoms with Crippen LogP contribution in [0.25, 0.3) is 0 Å². The molecule has 2 unspecified atom stereocenters. The van der Waals surface area contributed by atoms with Crippen molar-refractivity contribution in [3.63, 3.8) is 0 Å². The van der Waals surface area contributed by atoms with Crippen LogP contribution < -0.4 is 5.73 Å². The maximum atomic E-state index is 12.7. The number of carbonyl (C=O) groups excluding carboxylic acids is 2. The van der Waals surface area contributed by atoms with Crippen molar-refractivity contribution in [1.29, 1.82) is 0 Å². The molecule has 3 aliphatic rings. The first-order valence-electron chi connectivity index (χ1n) is 8.24. The van der Waals surface area contributed by atoms with Gasteiger partial charge in [0.15, 0.2) is 5.78 Å². The second-order valence-electron chi connectivity index (χ2n) is 6.80. The van der Waals surface area contributed by atoms with Crippen LogP contribution in [0.3, 0.4) is 0 Å². The molecule has 0 saturated carbocycles. The highest BCUT2D eigenvalue weighted by Gasteiger charge is 2.54. The summed E-state index contributed by atoms with van der Waals surface area (Å²) in [6, 6.07) is -1.12. The third-order valence-corrected chi connectivity index (χ3v) is 5.17. The standard InChI is InChI=1S/C16H26N2O6/c1-10(13(17)15(21)22)7-12(19)24-9-16(8-23-2)14(20)11-3-5-18(16)6-4-11/h10-11,13H,3-9,17H2,1-2H3,(H,21,22)/t10?,13-,16?/m0/s1. The predicted molar refractivity (Wildman–Crippen MR) is 84.3 cm³/mol. The highest BCUT2D eigenvalue weighted by Crippen LogP contribution is 2.36. The highest BCUT2D eigenvalue weighted by molar-refractivity contribution is 5.92. The smallest absolute Gasteiger partial charge is 0.320 e. The Morgan fingerprint density at radius 3 is 2.50 bits per heavy atom. The summed E-state index contributed by atoms with van der Waals surface area (Å²) in [5, 5.41) is 8.87. The van der Waals surface area contributed by atoms with Gasteiger partial charge in [-0.3, -0.25) is 19.3 Å². The Balaban J connectivity index is 1.98. The molecule has 0 aliphatic carbocycles. The lowest BCUT2D eigenvalue weighted by Gasteiger charge is -2.51. The van der Waals surface area contributed by atoms with E-state index in [9.17, 15) is 14.4 Å². The number of esters is 1. The molecule has 2 bridgehead atoms. The maximum Gasteiger partial charge on any atom is 0.320 e. The molecule has 3 aliphatic heterocycles. The molecule has 3 rings (SSSR count). The van der Waals surface area contributed by atoms with Gasteiger partial charge in [-0.1, -0.05) is 6.92 Å². The Bertz CT molecular complexity index is 503. The highest BCUT2D eigenvalue weighted by atomic mass is 16.5. The lowest BCUT2D eigenvalue weighted by molar-refractivity contribution is -0.168. The number of rotatable bonds is 8.